The van der Waals surface area contributed by atoms with E-state index in [4.69, 9.17) is 5.11 Å². The lowest BCUT2D eigenvalue weighted by Gasteiger charge is -2.39. The summed E-state index contributed by atoms with van der Waals surface area (Å²) in [6.45, 7) is 1.25. The minimum Gasteiger partial charge on any atom is -0.396 e. The van der Waals surface area contributed by atoms with E-state index < -0.39 is 11.6 Å². The van der Waals surface area contributed by atoms with Crippen LogP contribution in [-0.4, -0.2) is 29.8 Å². The molecular weight excluding hydrogens is 190 g/mol. The molecule has 0 aliphatic carbocycles. The molecule has 2 rings (SSSR count). The van der Waals surface area contributed by atoms with Crippen LogP contribution in [0.2, 0.25) is 0 Å². The van der Waals surface area contributed by atoms with Gasteiger partial charge in [0.2, 0.25) is 0 Å². The van der Waals surface area contributed by atoms with Crippen molar-refractivity contribution in [2.45, 2.75) is 0 Å². The Morgan fingerprint density at radius 2 is 2.21 bits per heavy atom. The smallest absolute Gasteiger partial charge is 0.168 e. The highest BCUT2D eigenvalue weighted by Crippen LogP contribution is 2.24. The zero-order valence-corrected chi connectivity index (χ0v) is 7.45. The van der Waals surface area contributed by atoms with Crippen molar-refractivity contribution in [3.05, 3.63) is 23.9 Å². The second kappa shape index (κ2) is 3.49. The Balaban J connectivity index is 2.11. The SMILES string of the molecule is OCC1CN(c2ncc(F)cc2F)C1. The number of nitrogens with zero attached hydrogens (tertiary/aromatic N) is 2. The summed E-state index contributed by atoms with van der Waals surface area (Å²) >= 11 is 0. The third-order valence-electron chi connectivity index (χ3n) is 2.30. The van der Waals surface area contributed by atoms with E-state index in [1.165, 1.54) is 0 Å². The minimum absolute atomic E-state index is 0.0965. The highest BCUT2D eigenvalue weighted by Gasteiger charge is 2.28. The summed E-state index contributed by atoms with van der Waals surface area (Å²) < 4.78 is 25.7. The van der Waals surface area contributed by atoms with Crippen LogP contribution in [0, 0.1) is 17.6 Å². The summed E-state index contributed by atoms with van der Waals surface area (Å²) in [6.07, 6.45) is 0.991. The van der Waals surface area contributed by atoms with Gasteiger partial charge in [0.1, 0.15) is 5.82 Å². The molecule has 0 amide bonds. The van der Waals surface area contributed by atoms with E-state index in [2.05, 4.69) is 4.98 Å². The van der Waals surface area contributed by atoms with Gasteiger partial charge < -0.3 is 10.0 Å². The first-order chi connectivity index (χ1) is 6.70. The number of hydrogen-bond donors (Lipinski definition) is 1. The molecule has 0 aromatic carbocycles. The fraction of sp³-hybridized carbons (Fsp3) is 0.444. The van der Waals surface area contributed by atoms with E-state index in [-0.39, 0.29) is 18.3 Å². The van der Waals surface area contributed by atoms with E-state index in [9.17, 15) is 8.78 Å². The normalized spacial score (nSPS) is 16.9. The highest BCUT2D eigenvalue weighted by molar-refractivity contribution is 5.42. The maximum absolute atomic E-state index is 13.1. The number of hydrogen-bond acceptors (Lipinski definition) is 3. The van der Waals surface area contributed by atoms with Crippen molar-refractivity contribution >= 4 is 5.82 Å². The molecule has 0 unspecified atom stereocenters. The van der Waals surface area contributed by atoms with Gasteiger partial charge >= 0.3 is 0 Å². The van der Waals surface area contributed by atoms with Crippen molar-refractivity contribution in [3.8, 4) is 0 Å². The molecule has 14 heavy (non-hydrogen) atoms. The van der Waals surface area contributed by atoms with Crippen molar-refractivity contribution in [2.75, 3.05) is 24.6 Å². The number of rotatable bonds is 2. The number of aromatic nitrogens is 1. The molecule has 2 heterocycles. The van der Waals surface area contributed by atoms with Gasteiger partial charge in [-0.1, -0.05) is 0 Å². The average molecular weight is 200 g/mol. The molecule has 0 bridgehead atoms. The molecule has 3 nitrogen and oxygen atoms in total. The Labute approximate surface area is 80.0 Å². The zero-order chi connectivity index (χ0) is 10.1. The Morgan fingerprint density at radius 1 is 1.50 bits per heavy atom. The van der Waals surface area contributed by atoms with Crippen LogP contribution in [0.1, 0.15) is 0 Å². The molecule has 1 saturated heterocycles. The van der Waals surface area contributed by atoms with Gasteiger partial charge in [0.25, 0.3) is 0 Å². The first-order valence-corrected chi connectivity index (χ1v) is 4.37. The summed E-state index contributed by atoms with van der Waals surface area (Å²) in [5.74, 6) is -0.982. The highest BCUT2D eigenvalue weighted by atomic mass is 19.1. The minimum atomic E-state index is -0.675. The number of aliphatic hydroxyl groups excluding tert-OH is 1. The predicted molar refractivity (Wildman–Crippen MR) is 46.9 cm³/mol. The second-order valence-electron chi connectivity index (χ2n) is 3.41. The van der Waals surface area contributed by atoms with Crippen LogP contribution in [0.25, 0.3) is 0 Å². The van der Waals surface area contributed by atoms with E-state index in [1.54, 1.807) is 4.90 Å². The Bertz CT molecular complexity index is 340. The quantitative estimate of drug-likeness (QED) is 0.766. The van der Waals surface area contributed by atoms with Gasteiger partial charge in [-0.25, -0.2) is 13.8 Å². The topological polar surface area (TPSA) is 36.4 Å². The Hall–Kier alpha value is -1.23. The van der Waals surface area contributed by atoms with Crippen LogP contribution in [0.4, 0.5) is 14.6 Å². The molecule has 1 aliphatic heterocycles. The number of pyridine rings is 1. The van der Waals surface area contributed by atoms with Gasteiger partial charge in [-0.05, 0) is 0 Å². The van der Waals surface area contributed by atoms with Crippen molar-refractivity contribution in [2.24, 2.45) is 5.92 Å². The largest absolute Gasteiger partial charge is 0.396 e. The molecule has 5 heteroatoms. The van der Waals surface area contributed by atoms with E-state index in [0.717, 1.165) is 12.3 Å². The maximum atomic E-state index is 13.1. The van der Waals surface area contributed by atoms with Crippen molar-refractivity contribution in [3.63, 3.8) is 0 Å². The van der Waals surface area contributed by atoms with Crippen LogP contribution in [0.3, 0.4) is 0 Å². The van der Waals surface area contributed by atoms with Crippen LogP contribution in [0.15, 0.2) is 12.3 Å². The summed E-state index contributed by atoms with van der Waals surface area (Å²) in [6, 6.07) is 0.814. The third-order valence-corrected chi connectivity index (χ3v) is 2.30. The standard InChI is InChI=1S/C9H10F2N2O/c10-7-1-8(11)9(12-2-7)13-3-6(4-13)5-14/h1-2,6,14H,3-5H2. The fourth-order valence-corrected chi connectivity index (χ4v) is 1.50. The van der Waals surface area contributed by atoms with Gasteiger partial charge in [0.05, 0.1) is 6.20 Å². The summed E-state index contributed by atoms with van der Waals surface area (Å²) in [5.41, 5.74) is 0. The van der Waals surface area contributed by atoms with Gasteiger partial charge in [-0.15, -0.1) is 0 Å². The van der Waals surface area contributed by atoms with Crippen molar-refractivity contribution in [1.29, 1.82) is 0 Å². The summed E-state index contributed by atoms with van der Waals surface area (Å²) in [4.78, 5) is 5.34. The number of aliphatic hydroxyl groups is 1. The molecule has 1 fully saturated rings. The molecule has 1 aromatic rings. The Morgan fingerprint density at radius 3 is 2.79 bits per heavy atom. The number of anilines is 1. The van der Waals surface area contributed by atoms with Crippen LogP contribution in [-0.2, 0) is 0 Å². The van der Waals surface area contributed by atoms with E-state index >= 15 is 0 Å². The zero-order valence-electron chi connectivity index (χ0n) is 7.45. The predicted octanol–water partition coefficient (Wildman–Crippen LogP) is 0.788. The summed E-state index contributed by atoms with van der Waals surface area (Å²) in [7, 11) is 0. The third kappa shape index (κ3) is 1.55. The van der Waals surface area contributed by atoms with Gasteiger partial charge in [-0.2, -0.15) is 0 Å². The fourth-order valence-electron chi connectivity index (χ4n) is 1.50. The molecule has 0 spiro atoms. The molecular formula is C9H10F2N2O. The van der Waals surface area contributed by atoms with Crippen LogP contribution < -0.4 is 4.90 Å². The first kappa shape index (κ1) is 9.33. The molecule has 1 aliphatic rings. The van der Waals surface area contributed by atoms with E-state index in [1.807, 2.05) is 0 Å². The second-order valence-corrected chi connectivity index (χ2v) is 3.41. The molecule has 76 valence electrons. The molecule has 1 N–H and O–H groups in total. The molecule has 0 atom stereocenters. The molecule has 0 saturated carbocycles. The van der Waals surface area contributed by atoms with Gasteiger partial charge in [0, 0.05) is 31.7 Å². The molecule has 1 aromatic heterocycles. The van der Waals surface area contributed by atoms with Crippen LogP contribution >= 0.6 is 0 Å². The number of halogens is 2. The summed E-state index contributed by atoms with van der Waals surface area (Å²) in [5, 5.41) is 8.76. The van der Waals surface area contributed by atoms with Gasteiger partial charge in [0.15, 0.2) is 11.6 Å². The van der Waals surface area contributed by atoms with E-state index in [0.29, 0.717) is 13.1 Å². The monoisotopic (exact) mass is 200 g/mol. The maximum Gasteiger partial charge on any atom is 0.168 e. The van der Waals surface area contributed by atoms with Crippen molar-refractivity contribution < 1.29 is 13.9 Å². The average Bonchev–Trinajstić information content (AvgIpc) is 2.06. The van der Waals surface area contributed by atoms with Crippen LogP contribution in [0.5, 0.6) is 0 Å². The lowest BCUT2D eigenvalue weighted by Crippen LogP contribution is -2.49. The lowest BCUT2D eigenvalue weighted by atomic mass is 10.0. The first-order valence-electron chi connectivity index (χ1n) is 4.37. The molecule has 0 radical (unpaired) electrons. The van der Waals surface area contributed by atoms with Crippen molar-refractivity contribution in [1.82, 2.24) is 4.98 Å². The van der Waals surface area contributed by atoms with Gasteiger partial charge in [-0.3, -0.25) is 0 Å². The Kier molecular flexibility index (Phi) is 2.33. The lowest BCUT2D eigenvalue weighted by molar-refractivity contribution is 0.199.